The molecule has 1 aliphatic heterocycles. The number of carbonyl (C=O) groups excluding carboxylic acids is 1. The predicted octanol–water partition coefficient (Wildman–Crippen LogP) is 4.42. The number of hydrogen-bond donors (Lipinski definition) is 1. The van der Waals surface area contributed by atoms with E-state index in [0.29, 0.717) is 6.54 Å². The van der Waals surface area contributed by atoms with Crippen LogP contribution in [0.25, 0.3) is 10.2 Å². The Kier molecular flexibility index (Phi) is 5.07. The van der Waals surface area contributed by atoms with Crippen LogP contribution in [-0.2, 0) is 11.2 Å². The largest absolute Gasteiger partial charge is 0.355 e. The molecule has 1 N–H and O–H groups in total. The molecule has 0 bridgehead atoms. The van der Waals surface area contributed by atoms with E-state index in [0.717, 1.165) is 47.5 Å². The predicted molar refractivity (Wildman–Crippen MR) is 112 cm³/mol. The van der Waals surface area contributed by atoms with Crippen molar-refractivity contribution in [2.45, 2.75) is 33.1 Å². The van der Waals surface area contributed by atoms with E-state index in [1.165, 1.54) is 10.4 Å². The first kappa shape index (κ1) is 17.9. The van der Waals surface area contributed by atoms with Crippen molar-refractivity contribution in [2.24, 2.45) is 5.92 Å². The topological polar surface area (TPSA) is 58.1 Å². The van der Waals surface area contributed by atoms with Crippen molar-refractivity contribution in [3.63, 3.8) is 0 Å². The van der Waals surface area contributed by atoms with Gasteiger partial charge < -0.3 is 10.2 Å². The van der Waals surface area contributed by atoms with E-state index in [-0.39, 0.29) is 11.8 Å². The van der Waals surface area contributed by atoms with Crippen LogP contribution >= 0.6 is 11.3 Å². The Labute approximate surface area is 163 Å². The van der Waals surface area contributed by atoms with Gasteiger partial charge in [0.05, 0.1) is 11.3 Å². The van der Waals surface area contributed by atoms with Crippen LogP contribution in [0.15, 0.2) is 36.7 Å². The van der Waals surface area contributed by atoms with Crippen molar-refractivity contribution in [1.29, 1.82) is 0 Å². The fraction of sp³-hybridized carbons (Fsp3) is 0.381. The van der Waals surface area contributed by atoms with Gasteiger partial charge in [0.1, 0.15) is 17.0 Å². The van der Waals surface area contributed by atoms with E-state index < -0.39 is 0 Å². The van der Waals surface area contributed by atoms with Crippen LogP contribution in [-0.4, -0.2) is 29.0 Å². The molecular formula is C21H24N4OS. The van der Waals surface area contributed by atoms with Gasteiger partial charge >= 0.3 is 0 Å². The molecule has 1 aliphatic rings. The molecular weight excluding hydrogens is 356 g/mol. The van der Waals surface area contributed by atoms with Crippen LogP contribution in [0.1, 0.15) is 30.2 Å². The second-order valence-corrected chi connectivity index (χ2v) is 8.24. The number of aryl methyl sites for hydroxylation is 2. The minimum Gasteiger partial charge on any atom is -0.355 e. The zero-order valence-corrected chi connectivity index (χ0v) is 16.6. The zero-order chi connectivity index (χ0) is 18.8. The summed E-state index contributed by atoms with van der Waals surface area (Å²) in [7, 11) is 0. The minimum atomic E-state index is -0.0330. The van der Waals surface area contributed by atoms with Gasteiger partial charge in [-0.25, -0.2) is 9.97 Å². The number of aromatic nitrogens is 2. The summed E-state index contributed by atoms with van der Waals surface area (Å²) in [6.45, 7) is 5.82. The maximum Gasteiger partial charge on any atom is 0.229 e. The number of rotatable bonds is 4. The quantitative estimate of drug-likeness (QED) is 0.728. The maximum absolute atomic E-state index is 12.8. The van der Waals surface area contributed by atoms with Gasteiger partial charge in [-0.1, -0.05) is 24.6 Å². The zero-order valence-electron chi connectivity index (χ0n) is 15.7. The molecule has 140 valence electrons. The van der Waals surface area contributed by atoms with Crippen LogP contribution in [0, 0.1) is 12.8 Å². The lowest BCUT2D eigenvalue weighted by molar-refractivity contribution is -0.120. The van der Waals surface area contributed by atoms with Gasteiger partial charge in [0.25, 0.3) is 0 Å². The number of nitrogens with zero attached hydrogens (tertiary/aromatic N) is 3. The summed E-state index contributed by atoms with van der Waals surface area (Å²) in [5, 5.41) is 4.18. The summed E-state index contributed by atoms with van der Waals surface area (Å²) in [6.07, 6.45) is 4.54. The Hall–Kier alpha value is -2.47. The van der Waals surface area contributed by atoms with Gasteiger partial charge in [-0.2, -0.15) is 0 Å². The number of amides is 1. The minimum absolute atomic E-state index is 0.0330. The Balaban J connectivity index is 1.52. The highest BCUT2D eigenvalue weighted by molar-refractivity contribution is 7.18. The molecule has 27 heavy (non-hydrogen) atoms. The first-order valence-electron chi connectivity index (χ1n) is 9.50. The number of nitrogens with one attached hydrogen (secondary N) is 1. The fourth-order valence-corrected chi connectivity index (χ4v) is 4.51. The van der Waals surface area contributed by atoms with Crippen molar-refractivity contribution in [1.82, 2.24) is 9.97 Å². The molecule has 3 aromatic rings. The van der Waals surface area contributed by atoms with Gasteiger partial charge in [-0.15, -0.1) is 11.3 Å². The number of benzene rings is 1. The van der Waals surface area contributed by atoms with Crippen LogP contribution in [0.4, 0.5) is 11.5 Å². The summed E-state index contributed by atoms with van der Waals surface area (Å²) in [5.41, 5.74) is 2.05. The fourth-order valence-electron chi connectivity index (χ4n) is 3.58. The summed E-state index contributed by atoms with van der Waals surface area (Å²) in [4.78, 5) is 26.4. The number of hydrogen-bond acceptors (Lipinski definition) is 5. The number of carbonyl (C=O) groups is 1. The standard InChI is InChI=1S/C21H24N4OS/c1-3-17-11-18-19(22-13-23-21(18)27-17)25-10-4-5-15(12-25)20(26)24-16-8-6-14(2)7-9-16/h6-9,11,13,15H,3-5,10,12H2,1-2H3,(H,24,26)/t15-/m0/s1. The molecule has 1 fully saturated rings. The lowest BCUT2D eigenvalue weighted by Gasteiger charge is -2.33. The second kappa shape index (κ2) is 7.64. The molecule has 6 heteroatoms. The smallest absolute Gasteiger partial charge is 0.229 e. The average Bonchev–Trinajstić information content (AvgIpc) is 3.13. The van der Waals surface area contributed by atoms with Gasteiger partial charge in [0.2, 0.25) is 5.91 Å². The summed E-state index contributed by atoms with van der Waals surface area (Å²) < 4.78 is 0. The molecule has 1 amide bonds. The number of thiophene rings is 1. The Morgan fingerprint density at radius 1 is 1.30 bits per heavy atom. The normalized spacial score (nSPS) is 17.3. The Bertz CT molecular complexity index is 950. The molecule has 0 radical (unpaired) electrons. The monoisotopic (exact) mass is 380 g/mol. The first-order valence-corrected chi connectivity index (χ1v) is 10.3. The molecule has 5 nitrogen and oxygen atoms in total. The Morgan fingerprint density at radius 2 is 2.11 bits per heavy atom. The van der Waals surface area contributed by atoms with Crippen molar-refractivity contribution in [3.8, 4) is 0 Å². The van der Waals surface area contributed by atoms with E-state index in [9.17, 15) is 4.79 Å². The third kappa shape index (κ3) is 3.81. The van der Waals surface area contributed by atoms with Gasteiger partial charge in [0, 0.05) is 23.7 Å². The molecule has 0 saturated carbocycles. The van der Waals surface area contributed by atoms with E-state index in [1.54, 1.807) is 17.7 Å². The summed E-state index contributed by atoms with van der Waals surface area (Å²) in [6, 6.07) is 10.1. The van der Waals surface area contributed by atoms with Crippen LogP contribution in [0.5, 0.6) is 0 Å². The van der Waals surface area contributed by atoms with Crippen molar-refractivity contribution >= 4 is 39.0 Å². The average molecular weight is 381 g/mol. The maximum atomic E-state index is 12.8. The lowest BCUT2D eigenvalue weighted by atomic mass is 9.96. The van der Waals surface area contributed by atoms with Crippen molar-refractivity contribution < 1.29 is 4.79 Å². The third-order valence-electron chi connectivity index (χ3n) is 5.12. The van der Waals surface area contributed by atoms with Gasteiger partial charge in [-0.3, -0.25) is 4.79 Å². The molecule has 2 aromatic heterocycles. The van der Waals surface area contributed by atoms with E-state index in [4.69, 9.17) is 0 Å². The third-order valence-corrected chi connectivity index (χ3v) is 6.31. The van der Waals surface area contributed by atoms with Crippen LogP contribution in [0.2, 0.25) is 0 Å². The molecule has 0 aliphatic carbocycles. The molecule has 0 spiro atoms. The summed E-state index contributed by atoms with van der Waals surface area (Å²) in [5.74, 6) is 1.02. The van der Waals surface area contributed by atoms with Crippen molar-refractivity contribution in [3.05, 3.63) is 47.1 Å². The molecule has 4 rings (SSSR count). The van der Waals surface area contributed by atoms with Gasteiger partial charge in [0.15, 0.2) is 0 Å². The van der Waals surface area contributed by atoms with Crippen LogP contribution < -0.4 is 10.2 Å². The number of piperidine rings is 1. The molecule has 1 aromatic carbocycles. The highest BCUT2D eigenvalue weighted by Crippen LogP contribution is 2.32. The van der Waals surface area contributed by atoms with E-state index in [1.807, 2.05) is 31.2 Å². The van der Waals surface area contributed by atoms with E-state index in [2.05, 4.69) is 33.2 Å². The molecule has 1 saturated heterocycles. The highest BCUT2D eigenvalue weighted by Gasteiger charge is 2.27. The SMILES string of the molecule is CCc1cc2c(N3CCC[C@H](C(=O)Nc4ccc(C)cc4)C3)ncnc2s1. The lowest BCUT2D eigenvalue weighted by Crippen LogP contribution is -2.41. The first-order chi connectivity index (χ1) is 13.1. The molecule has 0 unspecified atom stereocenters. The van der Waals surface area contributed by atoms with E-state index >= 15 is 0 Å². The molecule has 3 heterocycles. The van der Waals surface area contributed by atoms with Gasteiger partial charge in [-0.05, 0) is 44.4 Å². The second-order valence-electron chi connectivity index (χ2n) is 7.12. The number of anilines is 2. The van der Waals surface area contributed by atoms with Crippen LogP contribution in [0.3, 0.4) is 0 Å². The van der Waals surface area contributed by atoms with Crippen molar-refractivity contribution in [2.75, 3.05) is 23.3 Å². The Morgan fingerprint density at radius 3 is 2.89 bits per heavy atom. The summed E-state index contributed by atoms with van der Waals surface area (Å²) >= 11 is 1.73. The highest BCUT2D eigenvalue weighted by atomic mass is 32.1. The number of fused-ring (bicyclic) bond motifs is 1. The molecule has 1 atom stereocenters.